The monoisotopic (exact) mass is 647 g/mol. The number of imidazole rings is 1. The lowest BCUT2D eigenvalue weighted by molar-refractivity contribution is -0.139. The SMILES string of the molecule is Cc1cc(F)ccc1-c1cc(Cn2ccn(C)c2=NC(=O)OC(C)(C)C)cc2c1OCC(Cc1ccc(F)c(OCC(=O)O)c1)C2=O. The number of fused-ring (bicyclic) bond motifs is 1. The predicted molar refractivity (Wildman–Crippen MR) is 167 cm³/mol. The van der Waals surface area contributed by atoms with Crippen molar-refractivity contribution < 1.29 is 42.5 Å². The molecule has 0 bridgehead atoms. The number of halogens is 2. The van der Waals surface area contributed by atoms with E-state index in [1.165, 1.54) is 30.3 Å². The van der Waals surface area contributed by atoms with Crippen LogP contribution in [0.25, 0.3) is 11.1 Å². The van der Waals surface area contributed by atoms with Gasteiger partial charge in [-0.15, -0.1) is 4.99 Å². The van der Waals surface area contributed by atoms with E-state index in [-0.39, 0.29) is 31.1 Å². The highest BCUT2D eigenvalue weighted by Gasteiger charge is 2.32. The minimum atomic E-state index is -1.25. The van der Waals surface area contributed by atoms with Gasteiger partial charge >= 0.3 is 12.1 Å². The Morgan fingerprint density at radius 2 is 1.77 bits per heavy atom. The first kappa shape index (κ1) is 33.1. The molecule has 246 valence electrons. The molecule has 0 saturated heterocycles. The summed E-state index contributed by atoms with van der Waals surface area (Å²) >= 11 is 0. The summed E-state index contributed by atoms with van der Waals surface area (Å²) in [6, 6.07) is 12.1. The maximum Gasteiger partial charge on any atom is 0.437 e. The van der Waals surface area contributed by atoms with E-state index in [4.69, 9.17) is 19.3 Å². The van der Waals surface area contributed by atoms with E-state index in [0.717, 1.165) is 0 Å². The van der Waals surface area contributed by atoms with Gasteiger partial charge in [0.05, 0.1) is 24.6 Å². The van der Waals surface area contributed by atoms with Gasteiger partial charge in [-0.2, -0.15) is 0 Å². The number of aromatic nitrogens is 2. The van der Waals surface area contributed by atoms with E-state index >= 15 is 0 Å². The number of carbonyl (C=O) groups excluding carboxylic acids is 2. The van der Waals surface area contributed by atoms with E-state index in [1.807, 2.05) is 6.07 Å². The van der Waals surface area contributed by atoms with Crippen LogP contribution >= 0.6 is 0 Å². The Morgan fingerprint density at radius 3 is 2.47 bits per heavy atom. The third-order valence-corrected chi connectivity index (χ3v) is 7.50. The van der Waals surface area contributed by atoms with Crippen molar-refractivity contribution in [2.75, 3.05) is 13.2 Å². The van der Waals surface area contributed by atoms with E-state index in [1.54, 1.807) is 68.4 Å². The van der Waals surface area contributed by atoms with Crippen molar-refractivity contribution in [3.63, 3.8) is 0 Å². The zero-order chi connectivity index (χ0) is 34.0. The van der Waals surface area contributed by atoms with E-state index in [0.29, 0.717) is 44.7 Å². The topological polar surface area (TPSA) is 121 Å². The van der Waals surface area contributed by atoms with Gasteiger partial charge < -0.3 is 28.5 Å². The normalized spacial score (nSPS) is 14.8. The van der Waals surface area contributed by atoms with Crippen molar-refractivity contribution in [1.82, 2.24) is 9.13 Å². The Kier molecular flexibility index (Phi) is 9.32. The van der Waals surface area contributed by atoms with Crippen LogP contribution in [0.3, 0.4) is 0 Å². The minimum absolute atomic E-state index is 0.0352. The van der Waals surface area contributed by atoms with Gasteiger partial charge in [0.1, 0.15) is 17.2 Å². The first-order valence-corrected chi connectivity index (χ1v) is 14.9. The molecule has 0 radical (unpaired) electrons. The molecule has 12 heteroatoms. The van der Waals surface area contributed by atoms with Crippen LogP contribution in [-0.4, -0.2) is 50.9 Å². The van der Waals surface area contributed by atoms with Gasteiger partial charge in [-0.3, -0.25) is 4.79 Å². The Morgan fingerprint density at radius 1 is 1.02 bits per heavy atom. The van der Waals surface area contributed by atoms with Crippen molar-refractivity contribution in [3.05, 3.63) is 100 Å². The molecule has 47 heavy (non-hydrogen) atoms. The molecule has 1 unspecified atom stereocenters. The van der Waals surface area contributed by atoms with Gasteiger partial charge in [0.2, 0.25) is 5.62 Å². The fraction of sp³-hybridized carbons (Fsp3) is 0.314. The molecular weight excluding hydrogens is 612 g/mol. The number of nitrogens with zero attached hydrogens (tertiary/aromatic N) is 3. The van der Waals surface area contributed by atoms with Gasteiger partial charge in [0.15, 0.2) is 24.0 Å². The van der Waals surface area contributed by atoms with Gasteiger partial charge in [0.25, 0.3) is 0 Å². The number of aliphatic carboxylic acids is 1. The Bertz CT molecular complexity index is 1940. The molecule has 5 rings (SSSR count). The van der Waals surface area contributed by atoms with Gasteiger partial charge in [0, 0.05) is 25.0 Å². The highest BCUT2D eigenvalue weighted by Crippen LogP contribution is 2.41. The van der Waals surface area contributed by atoms with Crippen molar-refractivity contribution in [1.29, 1.82) is 0 Å². The number of carboxylic acids is 1. The number of amides is 1. The van der Waals surface area contributed by atoms with Crippen LogP contribution in [0.1, 0.15) is 47.8 Å². The van der Waals surface area contributed by atoms with Crippen molar-refractivity contribution >= 4 is 17.8 Å². The average molecular weight is 648 g/mol. The van der Waals surface area contributed by atoms with Crippen LogP contribution < -0.4 is 15.1 Å². The summed E-state index contributed by atoms with van der Waals surface area (Å²) in [6.45, 7) is 6.57. The third-order valence-electron chi connectivity index (χ3n) is 7.50. The number of carbonyl (C=O) groups is 3. The smallest absolute Gasteiger partial charge is 0.437 e. The second kappa shape index (κ2) is 13.2. The number of rotatable bonds is 8. The number of carboxylic acid groups (broad SMARTS) is 1. The Labute approximate surface area is 269 Å². The van der Waals surface area contributed by atoms with Crippen molar-refractivity contribution in [3.8, 4) is 22.6 Å². The number of hydrogen-bond acceptors (Lipinski definition) is 6. The number of ether oxygens (including phenoxy) is 3. The zero-order valence-corrected chi connectivity index (χ0v) is 26.7. The molecule has 4 aromatic rings. The third kappa shape index (κ3) is 7.76. The molecule has 1 N–H and O–H groups in total. The van der Waals surface area contributed by atoms with Crippen molar-refractivity contribution in [2.24, 2.45) is 18.0 Å². The maximum absolute atomic E-state index is 14.3. The molecular formula is C35H35F2N3O7. The molecule has 1 aliphatic rings. The molecule has 1 amide bonds. The summed E-state index contributed by atoms with van der Waals surface area (Å²) in [5, 5.41) is 8.91. The summed E-state index contributed by atoms with van der Waals surface area (Å²) in [5.74, 6) is -3.06. The summed E-state index contributed by atoms with van der Waals surface area (Å²) in [6.07, 6.45) is 2.94. The van der Waals surface area contributed by atoms with E-state index in [9.17, 15) is 23.2 Å². The second-order valence-electron chi connectivity index (χ2n) is 12.4. The predicted octanol–water partition coefficient (Wildman–Crippen LogP) is 5.86. The fourth-order valence-corrected chi connectivity index (χ4v) is 5.43. The van der Waals surface area contributed by atoms with Crippen LogP contribution in [-0.2, 0) is 29.5 Å². The van der Waals surface area contributed by atoms with Crippen LogP contribution in [0.4, 0.5) is 13.6 Å². The molecule has 3 aromatic carbocycles. The highest BCUT2D eigenvalue weighted by molar-refractivity contribution is 6.04. The van der Waals surface area contributed by atoms with Crippen LogP contribution in [0, 0.1) is 24.5 Å². The lowest BCUT2D eigenvalue weighted by Gasteiger charge is -2.27. The second-order valence-corrected chi connectivity index (χ2v) is 12.4. The van der Waals surface area contributed by atoms with Crippen LogP contribution in [0.2, 0.25) is 0 Å². The standard InChI is InChI=1S/C35H35F2N3O7/c1-20-12-24(36)7-8-25(20)26-14-22(17-40-11-10-39(5)33(40)38-34(44)47-35(2,3)4)15-27-31(43)23(18-46-32(26)27)13-21-6-9-28(37)29(16-21)45-19-30(41)42/h6-12,14-16,23H,13,17-19H2,1-5H3,(H,41,42). The fourth-order valence-electron chi connectivity index (χ4n) is 5.43. The quantitative estimate of drug-likeness (QED) is 0.254. The Hall–Kier alpha value is -5.26. The number of Topliss-reactive ketones (excluding diaryl/α,β-unsaturated/α-hetero) is 1. The largest absolute Gasteiger partial charge is 0.491 e. The highest BCUT2D eigenvalue weighted by atomic mass is 19.1. The molecule has 10 nitrogen and oxygen atoms in total. The van der Waals surface area contributed by atoms with Crippen LogP contribution in [0.15, 0.2) is 65.9 Å². The van der Waals surface area contributed by atoms with Gasteiger partial charge in [-0.05, 0) is 92.8 Å². The molecule has 0 saturated carbocycles. The molecule has 1 atom stereocenters. The summed E-state index contributed by atoms with van der Waals surface area (Å²) < 4.78 is 48.4. The maximum atomic E-state index is 14.3. The van der Waals surface area contributed by atoms with Gasteiger partial charge in [-0.25, -0.2) is 18.4 Å². The number of hydrogen-bond donors (Lipinski definition) is 1. The molecule has 1 aromatic heterocycles. The lowest BCUT2D eigenvalue weighted by atomic mass is 9.86. The summed E-state index contributed by atoms with van der Waals surface area (Å²) in [7, 11) is 1.75. The molecule has 0 spiro atoms. The van der Waals surface area contributed by atoms with Crippen LogP contribution in [0.5, 0.6) is 11.5 Å². The minimum Gasteiger partial charge on any atom is -0.491 e. The molecule has 1 aliphatic heterocycles. The first-order chi connectivity index (χ1) is 22.2. The molecule has 0 aliphatic carbocycles. The molecule has 2 heterocycles. The van der Waals surface area contributed by atoms with Gasteiger partial charge in [-0.1, -0.05) is 12.1 Å². The first-order valence-electron chi connectivity index (χ1n) is 14.9. The van der Waals surface area contributed by atoms with Crippen molar-refractivity contribution in [2.45, 2.75) is 46.3 Å². The zero-order valence-electron chi connectivity index (χ0n) is 26.7. The van der Waals surface area contributed by atoms with E-state index in [2.05, 4.69) is 4.99 Å². The summed E-state index contributed by atoms with van der Waals surface area (Å²) in [5.41, 5.74) is 3.13. The number of ketones is 1. The van der Waals surface area contributed by atoms with E-state index < -0.39 is 41.8 Å². The number of benzene rings is 3. The average Bonchev–Trinajstić information content (AvgIpc) is 3.31. The summed E-state index contributed by atoms with van der Waals surface area (Å²) in [4.78, 5) is 41.7. The molecule has 0 fully saturated rings. The number of aryl methyl sites for hydroxylation is 2. The lowest BCUT2D eigenvalue weighted by Crippen LogP contribution is -2.31. The Balaban J connectivity index is 1.53.